The number of hydrogen-bond acceptors (Lipinski definition) is 3. The van der Waals surface area contributed by atoms with Crippen molar-refractivity contribution in [2.45, 2.75) is 44.9 Å². The van der Waals surface area contributed by atoms with Gasteiger partial charge in [-0.2, -0.15) is 0 Å². The molecule has 0 N–H and O–H groups in total. The Bertz CT molecular complexity index is 590. The van der Waals surface area contributed by atoms with Crippen molar-refractivity contribution < 1.29 is 14.3 Å². The molecular formula is C18H21NO3. The van der Waals surface area contributed by atoms with Crippen LogP contribution in [0.5, 0.6) is 0 Å². The average molecular weight is 299 g/mol. The molecule has 3 rings (SSSR count). The van der Waals surface area contributed by atoms with Crippen LogP contribution in [0, 0.1) is 5.92 Å². The standard InChI is InChI=1S/C18H21NO3/c1-4-7-16-11(2)10-15(12(3)22-16)19-17(20)13-8-5-6-9-14(13)18(19)21/h4-6,8-9,11-12,15-16H,1,7,10H2,2-3H3/t11-,12+,15+,16-/m0/s1. The first-order valence-corrected chi connectivity index (χ1v) is 7.78. The van der Waals surface area contributed by atoms with Gasteiger partial charge in [0.25, 0.3) is 11.8 Å². The van der Waals surface area contributed by atoms with Gasteiger partial charge in [-0.15, -0.1) is 6.58 Å². The third kappa shape index (κ3) is 2.28. The van der Waals surface area contributed by atoms with Crippen molar-refractivity contribution in [2.75, 3.05) is 0 Å². The molecule has 2 amide bonds. The lowest BCUT2D eigenvalue weighted by atomic mass is 9.87. The highest BCUT2D eigenvalue weighted by atomic mass is 16.5. The maximum Gasteiger partial charge on any atom is 0.261 e. The van der Waals surface area contributed by atoms with Crippen molar-refractivity contribution in [3.05, 3.63) is 48.0 Å². The normalized spacial score (nSPS) is 31.3. The second kappa shape index (κ2) is 5.69. The van der Waals surface area contributed by atoms with E-state index in [0.717, 1.165) is 12.8 Å². The van der Waals surface area contributed by atoms with Crippen LogP contribution >= 0.6 is 0 Å². The van der Waals surface area contributed by atoms with E-state index in [0.29, 0.717) is 11.1 Å². The van der Waals surface area contributed by atoms with Gasteiger partial charge in [-0.1, -0.05) is 25.1 Å². The molecule has 1 saturated heterocycles. The van der Waals surface area contributed by atoms with Gasteiger partial charge < -0.3 is 4.74 Å². The lowest BCUT2D eigenvalue weighted by molar-refractivity contribution is -0.101. The Morgan fingerprint density at radius 3 is 2.36 bits per heavy atom. The Labute approximate surface area is 130 Å². The van der Waals surface area contributed by atoms with E-state index in [4.69, 9.17) is 4.74 Å². The highest BCUT2D eigenvalue weighted by molar-refractivity contribution is 6.21. The van der Waals surface area contributed by atoms with Crippen LogP contribution in [0.15, 0.2) is 36.9 Å². The van der Waals surface area contributed by atoms with E-state index < -0.39 is 0 Å². The van der Waals surface area contributed by atoms with E-state index in [1.54, 1.807) is 24.3 Å². The van der Waals surface area contributed by atoms with Crippen LogP contribution in [0.2, 0.25) is 0 Å². The highest BCUT2D eigenvalue weighted by Gasteiger charge is 2.45. The summed E-state index contributed by atoms with van der Waals surface area (Å²) in [6, 6.07) is 6.80. The predicted molar refractivity (Wildman–Crippen MR) is 83.7 cm³/mol. The Morgan fingerprint density at radius 2 is 1.82 bits per heavy atom. The number of ether oxygens (including phenoxy) is 1. The molecule has 1 aromatic rings. The fraction of sp³-hybridized carbons (Fsp3) is 0.444. The molecule has 0 radical (unpaired) electrons. The van der Waals surface area contributed by atoms with Crippen molar-refractivity contribution in [3.63, 3.8) is 0 Å². The van der Waals surface area contributed by atoms with E-state index >= 15 is 0 Å². The fourth-order valence-electron chi connectivity index (χ4n) is 3.50. The SMILES string of the molecule is C=CC[C@@H]1O[C@H](C)[C@H](N2C(=O)c3ccccc3C2=O)C[C@@H]1C. The maximum absolute atomic E-state index is 12.6. The summed E-state index contributed by atoms with van der Waals surface area (Å²) in [6.45, 7) is 7.81. The summed E-state index contributed by atoms with van der Waals surface area (Å²) in [5.74, 6) is -0.116. The molecule has 4 atom stereocenters. The molecule has 1 fully saturated rings. The second-order valence-corrected chi connectivity index (χ2v) is 6.21. The zero-order valence-corrected chi connectivity index (χ0v) is 13.0. The number of amides is 2. The largest absolute Gasteiger partial charge is 0.373 e. The average Bonchev–Trinajstić information content (AvgIpc) is 2.76. The summed E-state index contributed by atoms with van der Waals surface area (Å²) in [7, 11) is 0. The number of imide groups is 1. The minimum atomic E-state index is -0.205. The van der Waals surface area contributed by atoms with Gasteiger partial charge in [-0.3, -0.25) is 14.5 Å². The zero-order chi connectivity index (χ0) is 15.9. The van der Waals surface area contributed by atoms with E-state index in [1.165, 1.54) is 4.90 Å². The van der Waals surface area contributed by atoms with Crippen LogP contribution in [0.1, 0.15) is 47.4 Å². The number of benzene rings is 1. The van der Waals surface area contributed by atoms with Gasteiger partial charge in [0.1, 0.15) is 0 Å². The first-order chi connectivity index (χ1) is 10.5. The smallest absolute Gasteiger partial charge is 0.261 e. The first-order valence-electron chi connectivity index (χ1n) is 7.78. The predicted octanol–water partition coefficient (Wildman–Crippen LogP) is 3.04. The second-order valence-electron chi connectivity index (χ2n) is 6.21. The van der Waals surface area contributed by atoms with Gasteiger partial charge in [-0.25, -0.2) is 0 Å². The Kier molecular flexibility index (Phi) is 3.87. The van der Waals surface area contributed by atoms with E-state index in [9.17, 15) is 9.59 Å². The molecule has 0 aromatic heterocycles. The van der Waals surface area contributed by atoms with Gasteiger partial charge in [-0.05, 0) is 37.8 Å². The molecule has 22 heavy (non-hydrogen) atoms. The van der Waals surface area contributed by atoms with Crippen LogP contribution in [0.3, 0.4) is 0 Å². The van der Waals surface area contributed by atoms with Gasteiger partial charge in [0, 0.05) is 0 Å². The molecule has 116 valence electrons. The summed E-state index contributed by atoms with van der Waals surface area (Å²) in [5, 5.41) is 0. The number of rotatable bonds is 3. The molecule has 4 nitrogen and oxygen atoms in total. The van der Waals surface area contributed by atoms with Crippen LogP contribution in [-0.4, -0.2) is 35.0 Å². The topological polar surface area (TPSA) is 46.6 Å². The molecule has 0 aliphatic carbocycles. The number of fused-ring (bicyclic) bond motifs is 1. The number of carbonyl (C=O) groups is 2. The van der Waals surface area contributed by atoms with Gasteiger partial charge in [0.2, 0.25) is 0 Å². The van der Waals surface area contributed by atoms with Crippen LogP contribution in [0.4, 0.5) is 0 Å². The molecule has 0 saturated carbocycles. The molecule has 2 aliphatic rings. The summed E-state index contributed by atoms with van der Waals surface area (Å²) in [5.41, 5.74) is 1.00. The van der Waals surface area contributed by atoms with Crippen molar-refractivity contribution in [2.24, 2.45) is 5.92 Å². The Morgan fingerprint density at radius 1 is 1.23 bits per heavy atom. The molecule has 0 spiro atoms. The molecule has 2 aliphatic heterocycles. The number of carbonyl (C=O) groups excluding carboxylic acids is 2. The van der Waals surface area contributed by atoms with Crippen LogP contribution in [-0.2, 0) is 4.74 Å². The van der Waals surface area contributed by atoms with Crippen molar-refractivity contribution in [3.8, 4) is 0 Å². The van der Waals surface area contributed by atoms with E-state index in [1.807, 2.05) is 13.0 Å². The molecule has 2 heterocycles. The summed E-state index contributed by atoms with van der Waals surface area (Å²) >= 11 is 0. The van der Waals surface area contributed by atoms with Crippen molar-refractivity contribution in [1.29, 1.82) is 0 Å². The maximum atomic E-state index is 12.6. The number of nitrogens with zero attached hydrogens (tertiary/aromatic N) is 1. The molecule has 0 bridgehead atoms. The molecule has 1 aromatic carbocycles. The van der Waals surface area contributed by atoms with Crippen molar-refractivity contribution >= 4 is 11.8 Å². The first kappa shape index (κ1) is 15.0. The van der Waals surface area contributed by atoms with Gasteiger partial charge in [0.05, 0.1) is 29.4 Å². The number of hydrogen-bond donors (Lipinski definition) is 0. The third-order valence-corrected chi connectivity index (χ3v) is 4.74. The third-order valence-electron chi connectivity index (χ3n) is 4.74. The Balaban J connectivity index is 1.85. The lowest BCUT2D eigenvalue weighted by Gasteiger charge is -2.42. The summed E-state index contributed by atoms with van der Waals surface area (Å²) in [4.78, 5) is 26.6. The van der Waals surface area contributed by atoms with Gasteiger partial charge in [0.15, 0.2) is 0 Å². The summed E-state index contributed by atoms with van der Waals surface area (Å²) < 4.78 is 6.04. The Hall–Kier alpha value is -1.94. The van der Waals surface area contributed by atoms with E-state index in [-0.39, 0.29) is 36.0 Å². The van der Waals surface area contributed by atoms with Crippen LogP contribution < -0.4 is 0 Å². The summed E-state index contributed by atoms with van der Waals surface area (Å²) in [6.07, 6.45) is 3.36. The monoisotopic (exact) mass is 299 g/mol. The van der Waals surface area contributed by atoms with Crippen LogP contribution in [0.25, 0.3) is 0 Å². The molecule has 4 heteroatoms. The minimum absolute atomic E-state index is 0.110. The fourth-order valence-corrected chi connectivity index (χ4v) is 3.50. The zero-order valence-electron chi connectivity index (χ0n) is 13.0. The van der Waals surface area contributed by atoms with E-state index in [2.05, 4.69) is 13.5 Å². The molecule has 0 unspecified atom stereocenters. The minimum Gasteiger partial charge on any atom is -0.373 e. The molecular weight excluding hydrogens is 278 g/mol. The lowest BCUT2D eigenvalue weighted by Crippen LogP contribution is -2.53. The quantitative estimate of drug-likeness (QED) is 0.636. The highest BCUT2D eigenvalue weighted by Crippen LogP contribution is 2.34. The van der Waals surface area contributed by atoms with Gasteiger partial charge >= 0.3 is 0 Å². The van der Waals surface area contributed by atoms with Crippen molar-refractivity contribution in [1.82, 2.24) is 4.90 Å².